The lowest BCUT2D eigenvalue weighted by Crippen LogP contribution is -2.13. The maximum Gasteiger partial charge on any atom is 0.224 e. The van der Waals surface area contributed by atoms with E-state index in [1.54, 1.807) is 36.4 Å². The van der Waals surface area contributed by atoms with Crippen LogP contribution in [0, 0.1) is 0 Å². The molecule has 122 valence electrons. The molecular weight excluding hydrogens is 359 g/mol. The number of nitrogens with two attached hydrogens (primary N) is 1. The van der Waals surface area contributed by atoms with E-state index in [2.05, 4.69) is 5.32 Å². The molecule has 2 aromatic carbocycles. The molecule has 0 aliphatic rings. The van der Waals surface area contributed by atoms with Gasteiger partial charge in [-0.3, -0.25) is 4.79 Å². The summed E-state index contributed by atoms with van der Waals surface area (Å²) in [6, 6.07) is 9.91. The van der Waals surface area contributed by atoms with Gasteiger partial charge in [0.15, 0.2) is 0 Å². The topological polar surface area (TPSA) is 64.3 Å². The molecule has 4 nitrogen and oxygen atoms in total. The Labute approximate surface area is 149 Å². The molecule has 2 aromatic rings. The Morgan fingerprint density at radius 1 is 1.09 bits per heavy atom. The van der Waals surface area contributed by atoms with Crippen LogP contribution in [-0.2, 0) is 4.79 Å². The Kier molecular flexibility index (Phi) is 6.39. The lowest BCUT2D eigenvalue weighted by Gasteiger charge is -2.09. The summed E-state index contributed by atoms with van der Waals surface area (Å²) < 4.78 is 5.52. The minimum Gasteiger partial charge on any atom is -0.492 e. The van der Waals surface area contributed by atoms with E-state index in [4.69, 9.17) is 45.3 Å². The maximum absolute atomic E-state index is 11.9. The van der Waals surface area contributed by atoms with Crippen molar-refractivity contribution >= 4 is 52.1 Å². The molecule has 0 aliphatic heterocycles. The quantitative estimate of drug-likeness (QED) is 0.551. The Balaban J connectivity index is 1.77. The summed E-state index contributed by atoms with van der Waals surface area (Å²) in [4.78, 5) is 11.9. The molecule has 0 saturated carbocycles. The minimum atomic E-state index is -0.164. The predicted octanol–water partition coefficient (Wildman–Crippen LogP) is 5.03. The number of anilines is 2. The van der Waals surface area contributed by atoms with Gasteiger partial charge in [0, 0.05) is 17.1 Å². The van der Waals surface area contributed by atoms with Crippen molar-refractivity contribution in [1.29, 1.82) is 0 Å². The van der Waals surface area contributed by atoms with Gasteiger partial charge in [-0.25, -0.2) is 0 Å². The third-order valence-electron chi connectivity index (χ3n) is 2.96. The summed E-state index contributed by atoms with van der Waals surface area (Å²) >= 11 is 17.8. The molecule has 23 heavy (non-hydrogen) atoms. The highest BCUT2D eigenvalue weighted by molar-refractivity contribution is 6.35. The van der Waals surface area contributed by atoms with Gasteiger partial charge in [0.05, 0.1) is 22.3 Å². The number of carbonyl (C=O) groups excluding carboxylic acids is 1. The maximum atomic E-state index is 11.9. The number of rotatable bonds is 6. The smallest absolute Gasteiger partial charge is 0.224 e. The molecule has 0 aliphatic carbocycles. The number of amides is 1. The summed E-state index contributed by atoms with van der Waals surface area (Å²) in [5.41, 5.74) is 6.69. The first-order chi connectivity index (χ1) is 11.0. The molecule has 0 spiro atoms. The average molecular weight is 374 g/mol. The van der Waals surface area contributed by atoms with Gasteiger partial charge >= 0.3 is 0 Å². The van der Waals surface area contributed by atoms with Crippen molar-refractivity contribution in [3.63, 3.8) is 0 Å². The van der Waals surface area contributed by atoms with E-state index in [9.17, 15) is 4.79 Å². The molecule has 0 unspecified atom stereocenters. The highest BCUT2D eigenvalue weighted by Gasteiger charge is 2.07. The molecule has 0 fully saturated rings. The van der Waals surface area contributed by atoms with Gasteiger partial charge in [-0.15, -0.1) is 0 Å². The number of ether oxygens (including phenoxy) is 1. The molecule has 2 rings (SSSR count). The van der Waals surface area contributed by atoms with Gasteiger partial charge in [0.25, 0.3) is 0 Å². The van der Waals surface area contributed by atoms with E-state index in [1.165, 1.54) is 0 Å². The van der Waals surface area contributed by atoms with Crippen molar-refractivity contribution in [2.75, 3.05) is 17.7 Å². The number of nitrogen functional groups attached to an aromatic ring is 1. The lowest BCUT2D eigenvalue weighted by molar-refractivity contribution is -0.116. The van der Waals surface area contributed by atoms with Crippen LogP contribution in [0.15, 0.2) is 36.4 Å². The largest absolute Gasteiger partial charge is 0.492 e. The summed E-state index contributed by atoms with van der Waals surface area (Å²) in [5, 5.41) is 4.14. The molecule has 3 N–H and O–H groups in total. The number of benzene rings is 2. The monoisotopic (exact) mass is 372 g/mol. The van der Waals surface area contributed by atoms with Crippen LogP contribution < -0.4 is 15.8 Å². The van der Waals surface area contributed by atoms with Crippen LogP contribution in [0.5, 0.6) is 5.75 Å². The van der Waals surface area contributed by atoms with Crippen LogP contribution in [0.2, 0.25) is 15.1 Å². The lowest BCUT2D eigenvalue weighted by atomic mass is 10.2. The van der Waals surface area contributed by atoms with Crippen LogP contribution in [-0.4, -0.2) is 12.5 Å². The molecule has 0 aromatic heterocycles. The standard InChI is InChI=1S/C16H15Cl3N2O2/c17-10-3-6-15(13(19)8-10)23-7-1-2-16(22)21-14-9-11(20)4-5-12(14)18/h3-6,8-9H,1-2,7,20H2,(H,21,22). The zero-order valence-corrected chi connectivity index (χ0v) is 14.4. The second-order valence-electron chi connectivity index (χ2n) is 4.81. The highest BCUT2D eigenvalue weighted by atomic mass is 35.5. The fraction of sp³-hybridized carbons (Fsp3) is 0.188. The van der Waals surface area contributed by atoms with Gasteiger partial charge in [0.1, 0.15) is 5.75 Å². The number of carbonyl (C=O) groups is 1. The summed E-state index contributed by atoms with van der Waals surface area (Å²) in [6.07, 6.45) is 0.820. The van der Waals surface area contributed by atoms with Crippen molar-refractivity contribution in [3.8, 4) is 5.75 Å². The number of hydrogen-bond donors (Lipinski definition) is 2. The van der Waals surface area contributed by atoms with Crippen molar-refractivity contribution in [1.82, 2.24) is 0 Å². The average Bonchev–Trinajstić information content (AvgIpc) is 2.49. The Morgan fingerprint density at radius 2 is 1.87 bits per heavy atom. The minimum absolute atomic E-state index is 0.164. The summed E-state index contributed by atoms with van der Waals surface area (Å²) in [5.74, 6) is 0.374. The second-order valence-corrected chi connectivity index (χ2v) is 6.07. The van der Waals surface area contributed by atoms with Crippen molar-refractivity contribution in [3.05, 3.63) is 51.5 Å². The number of nitrogens with one attached hydrogen (secondary N) is 1. The first-order valence-electron chi connectivity index (χ1n) is 6.88. The van der Waals surface area contributed by atoms with Gasteiger partial charge in [-0.1, -0.05) is 34.8 Å². The zero-order chi connectivity index (χ0) is 16.8. The van der Waals surface area contributed by atoms with Crippen LogP contribution in [0.3, 0.4) is 0 Å². The third-order valence-corrected chi connectivity index (χ3v) is 3.82. The second kappa shape index (κ2) is 8.29. The molecule has 0 atom stereocenters. The van der Waals surface area contributed by atoms with Crippen molar-refractivity contribution < 1.29 is 9.53 Å². The summed E-state index contributed by atoms with van der Waals surface area (Å²) in [7, 11) is 0. The van der Waals surface area contributed by atoms with Crippen LogP contribution in [0.25, 0.3) is 0 Å². The van der Waals surface area contributed by atoms with E-state index in [1.807, 2.05) is 0 Å². The number of hydrogen-bond acceptors (Lipinski definition) is 3. The van der Waals surface area contributed by atoms with E-state index in [0.29, 0.717) is 45.2 Å². The predicted molar refractivity (Wildman–Crippen MR) is 95.7 cm³/mol. The molecule has 0 heterocycles. The molecule has 0 bridgehead atoms. The Morgan fingerprint density at radius 3 is 2.61 bits per heavy atom. The van der Waals surface area contributed by atoms with Crippen LogP contribution >= 0.6 is 34.8 Å². The first-order valence-corrected chi connectivity index (χ1v) is 8.02. The number of halogens is 3. The van der Waals surface area contributed by atoms with E-state index < -0.39 is 0 Å². The third kappa shape index (κ3) is 5.50. The Hall–Kier alpha value is -1.62. The Bertz CT molecular complexity index is 708. The molecular formula is C16H15Cl3N2O2. The van der Waals surface area contributed by atoms with Crippen LogP contribution in [0.1, 0.15) is 12.8 Å². The molecule has 7 heteroatoms. The zero-order valence-electron chi connectivity index (χ0n) is 12.1. The fourth-order valence-electron chi connectivity index (χ4n) is 1.86. The molecule has 1 amide bonds. The van der Waals surface area contributed by atoms with Crippen LogP contribution in [0.4, 0.5) is 11.4 Å². The van der Waals surface area contributed by atoms with Gasteiger partial charge in [-0.05, 0) is 42.8 Å². The van der Waals surface area contributed by atoms with Crippen molar-refractivity contribution in [2.24, 2.45) is 0 Å². The first kappa shape index (κ1) is 17.7. The molecule has 0 saturated heterocycles. The van der Waals surface area contributed by atoms with E-state index in [-0.39, 0.29) is 12.3 Å². The normalized spacial score (nSPS) is 10.4. The summed E-state index contributed by atoms with van der Waals surface area (Å²) in [6.45, 7) is 0.361. The van der Waals surface area contributed by atoms with E-state index in [0.717, 1.165) is 0 Å². The van der Waals surface area contributed by atoms with Crippen molar-refractivity contribution in [2.45, 2.75) is 12.8 Å². The van der Waals surface area contributed by atoms with Gasteiger partial charge in [0.2, 0.25) is 5.91 Å². The van der Waals surface area contributed by atoms with Gasteiger partial charge in [-0.2, -0.15) is 0 Å². The SMILES string of the molecule is Nc1ccc(Cl)c(NC(=O)CCCOc2ccc(Cl)cc2Cl)c1. The van der Waals surface area contributed by atoms with E-state index >= 15 is 0 Å². The van der Waals surface area contributed by atoms with Gasteiger partial charge < -0.3 is 15.8 Å². The fourth-order valence-corrected chi connectivity index (χ4v) is 2.49. The highest BCUT2D eigenvalue weighted by Crippen LogP contribution is 2.27. The molecule has 0 radical (unpaired) electrons.